The first-order chi connectivity index (χ1) is 14.2. The SMILES string of the molecule is CC(=O)NCC1CCN(c2nc(Nc3cc(C4CC4)n[nH]3)c3cccn3n2)CC1. The largest absolute Gasteiger partial charge is 0.356 e. The van der Waals surface area contributed by atoms with Crippen LogP contribution in [0.2, 0.25) is 0 Å². The number of rotatable bonds is 6. The first kappa shape index (κ1) is 18.0. The molecule has 0 radical (unpaired) electrons. The molecule has 5 rings (SSSR count). The summed E-state index contributed by atoms with van der Waals surface area (Å²) in [5.41, 5.74) is 2.05. The van der Waals surface area contributed by atoms with Crippen LogP contribution in [0.15, 0.2) is 24.4 Å². The molecule has 3 aromatic heterocycles. The van der Waals surface area contributed by atoms with Crippen LogP contribution in [0, 0.1) is 5.92 Å². The van der Waals surface area contributed by atoms with Gasteiger partial charge < -0.3 is 15.5 Å². The zero-order valence-corrected chi connectivity index (χ0v) is 16.6. The van der Waals surface area contributed by atoms with Crippen molar-refractivity contribution in [3.05, 3.63) is 30.1 Å². The summed E-state index contributed by atoms with van der Waals surface area (Å²) in [5, 5.41) is 18.5. The van der Waals surface area contributed by atoms with Crippen molar-refractivity contribution in [2.24, 2.45) is 5.92 Å². The maximum atomic E-state index is 11.1. The minimum Gasteiger partial charge on any atom is -0.356 e. The van der Waals surface area contributed by atoms with Crippen LogP contribution in [0.4, 0.5) is 17.6 Å². The third-order valence-electron chi connectivity index (χ3n) is 5.76. The van der Waals surface area contributed by atoms with E-state index in [9.17, 15) is 4.79 Å². The Hall–Kier alpha value is -3.10. The Morgan fingerprint density at radius 1 is 1.28 bits per heavy atom. The van der Waals surface area contributed by atoms with Gasteiger partial charge in [0.25, 0.3) is 0 Å². The smallest absolute Gasteiger partial charge is 0.245 e. The molecule has 152 valence electrons. The molecular weight excluding hydrogens is 368 g/mol. The lowest BCUT2D eigenvalue weighted by atomic mass is 9.97. The van der Waals surface area contributed by atoms with E-state index < -0.39 is 0 Å². The predicted octanol–water partition coefficient (Wildman–Crippen LogP) is 2.43. The molecule has 0 unspecified atom stereocenters. The van der Waals surface area contributed by atoms with Gasteiger partial charge in [-0.2, -0.15) is 10.1 Å². The standard InChI is InChI=1S/C20H26N8O/c1-13(29)21-12-14-6-9-27(10-7-14)20-23-19(17-3-2-8-28(17)26-20)22-18-11-16(24-25-18)15-4-5-15/h2-3,8,11,14-15H,4-7,9-10,12H2,1H3,(H,21,29)(H2,22,23,24,25,26). The highest BCUT2D eigenvalue weighted by Gasteiger charge is 2.26. The summed E-state index contributed by atoms with van der Waals surface area (Å²) in [6.07, 6.45) is 6.42. The van der Waals surface area contributed by atoms with Crippen molar-refractivity contribution in [1.82, 2.24) is 30.1 Å². The molecule has 0 atom stereocenters. The van der Waals surface area contributed by atoms with Gasteiger partial charge in [0.15, 0.2) is 5.82 Å². The molecule has 4 heterocycles. The minimum atomic E-state index is 0.0354. The summed E-state index contributed by atoms with van der Waals surface area (Å²) in [4.78, 5) is 18.2. The van der Waals surface area contributed by atoms with E-state index in [1.165, 1.54) is 12.8 Å². The van der Waals surface area contributed by atoms with Gasteiger partial charge in [-0.05, 0) is 43.7 Å². The van der Waals surface area contributed by atoms with Gasteiger partial charge in [0.2, 0.25) is 11.9 Å². The fourth-order valence-electron chi connectivity index (χ4n) is 3.89. The highest BCUT2D eigenvalue weighted by atomic mass is 16.1. The highest BCUT2D eigenvalue weighted by molar-refractivity contribution is 5.73. The van der Waals surface area contributed by atoms with E-state index in [-0.39, 0.29) is 5.91 Å². The van der Waals surface area contributed by atoms with Gasteiger partial charge in [0.1, 0.15) is 11.3 Å². The molecule has 1 aliphatic carbocycles. The molecule has 2 aliphatic rings. The number of nitrogens with one attached hydrogen (secondary N) is 3. The zero-order valence-electron chi connectivity index (χ0n) is 16.6. The number of H-pyrrole nitrogens is 1. The van der Waals surface area contributed by atoms with Gasteiger partial charge in [-0.3, -0.25) is 9.89 Å². The lowest BCUT2D eigenvalue weighted by Gasteiger charge is -2.32. The first-order valence-corrected chi connectivity index (χ1v) is 10.3. The van der Waals surface area contributed by atoms with Crippen LogP contribution in [0.1, 0.15) is 44.2 Å². The zero-order chi connectivity index (χ0) is 19.8. The second-order valence-corrected chi connectivity index (χ2v) is 8.07. The quantitative estimate of drug-likeness (QED) is 0.593. The average Bonchev–Trinajstić information content (AvgIpc) is 3.27. The number of carbonyl (C=O) groups is 1. The molecular formula is C20H26N8O. The molecule has 3 aromatic rings. The average molecular weight is 394 g/mol. The second kappa shape index (κ2) is 7.38. The van der Waals surface area contributed by atoms with Crippen LogP contribution in [-0.2, 0) is 4.79 Å². The molecule has 0 aromatic carbocycles. The number of anilines is 3. The Bertz CT molecular complexity index is 1010. The molecule has 3 N–H and O–H groups in total. The summed E-state index contributed by atoms with van der Waals surface area (Å²) >= 11 is 0. The van der Waals surface area contributed by atoms with Crippen molar-refractivity contribution in [3.8, 4) is 0 Å². The summed E-state index contributed by atoms with van der Waals surface area (Å²) < 4.78 is 1.87. The van der Waals surface area contributed by atoms with E-state index in [4.69, 9.17) is 10.1 Å². The normalized spacial score (nSPS) is 17.6. The highest BCUT2D eigenvalue weighted by Crippen LogP contribution is 2.39. The van der Waals surface area contributed by atoms with Gasteiger partial charge in [-0.25, -0.2) is 4.52 Å². The van der Waals surface area contributed by atoms with E-state index in [0.29, 0.717) is 11.8 Å². The maximum Gasteiger partial charge on any atom is 0.245 e. The van der Waals surface area contributed by atoms with E-state index in [2.05, 4.69) is 31.8 Å². The number of carbonyl (C=O) groups excluding carboxylic acids is 1. The molecule has 0 spiro atoms. The van der Waals surface area contributed by atoms with Crippen molar-refractivity contribution in [1.29, 1.82) is 0 Å². The Morgan fingerprint density at radius 3 is 2.86 bits per heavy atom. The van der Waals surface area contributed by atoms with Crippen molar-refractivity contribution < 1.29 is 4.79 Å². The maximum absolute atomic E-state index is 11.1. The first-order valence-electron chi connectivity index (χ1n) is 10.3. The predicted molar refractivity (Wildman–Crippen MR) is 110 cm³/mol. The fourth-order valence-corrected chi connectivity index (χ4v) is 3.89. The summed E-state index contributed by atoms with van der Waals surface area (Å²) in [6.45, 7) is 4.08. The van der Waals surface area contributed by atoms with Crippen LogP contribution in [0.5, 0.6) is 0 Å². The van der Waals surface area contributed by atoms with Gasteiger partial charge in [0.05, 0.1) is 5.69 Å². The molecule has 2 fully saturated rings. The molecule has 1 saturated carbocycles. The topological polar surface area (TPSA) is 103 Å². The molecule has 0 bridgehead atoms. The molecule has 9 heteroatoms. The van der Waals surface area contributed by atoms with Crippen molar-refractivity contribution in [2.45, 2.75) is 38.5 Å². The third kappa shape index (κ3) is 3.90. The van der Waals surface area contributed by atoms with Crippen LogP contribution in [0.3, 0.4) is 0 Å². The van der Waals surface area contributed by atoms with Crippen LogP contribution < -0.4 is 15.5 Å². The fraction of sp³-hybridized carbons (Fsp3) is 0.500. The molecule has 1 amide bonds. The number of piperidine rings is 1. The Labute approximate surface area is 168 Å². The van der Waals surface area contributed by atoms with Gasteiger partial charge in [-0.15, -0.1) is 5.10 Å². The Balaban J connectivity index is 1.33. The third-order valence-corrected chi connectivity index (χ3v) is 5.76. The molecule has 1 saturated heterocycles. The van der Waals surface area contributed by atoms with Gasteiger partial charge >= 0.3 is 0 Å². The minimum absolute atomic E-state index is 0.0354. The van der Waals surface area contributed by atoms with Crippen molar-refractivity contribution in [2.75, 3.05) is 29.9 Å². The summed E-state index contributed by atoms with van der Waals surface area (Å²) in [5.74, 6) is 3.49. The van der Waals surface area contributed by atoms with Gasteiger partial charge in [0, 0.05) is 44.7 Å². The monoisotopic (exact) mass is 394 g/mol. The molecule has 9 nitrogen and oxygen atoms in total. The van der Waals surface area contributed by atoms with Crippen LogP contribution in [0.25, 0.3) is 5.52 Å². The van der Waals surface area contributed by atoms with Crippen molar-refractivity contribution >= 4 is 29.0 Å². The second-order valence-electron chi connectivity index (χ2n) is 8.07. The van der Waals surface area contributed by atoms with E-state index in [1.807, 2.05) is 22.8 Å². The Morgan fingerprint density at radius 2 is 2.10 bits per heavy atom. The summed E-state index contributed by atoms with van der Waals surface area (Å²) in [6, 6.07) is 6.05. The lowest BCUT2D eigenvalue weighted by molar-refractivity contribution is -0.119. The Kier molecular flexibility index (Phi) is 4.57. The number of fused-ring (bicyclic) bond motifs is 1. The number of hydrogen-bond donors (Lipinski definition) is 3. The lowest BCUT2D eigenvalue weighted by Crippen LogP contribution is -2.39. The molecule has 29 heavy (non-hydrogen) atoms. The number of nitrogens with zero attached hydrogens (tertiary/aromatic N) is 5. The van der Waals surface area contributed by atoms with Gasteiger partial charge in [-0.1, -0.05) is 0 Å². The number of hydrogen-bond acceptors (Lipinski definition) is 6. The summed E-state index contributed by atoms with van der Waals surface area (Å²) in [7, 11) is 0. The van der Waals surface area contributed by atoms with E-state index >= 15 is 0 Å². The number of amides is 1. The van der Waals surface area contributed by atoms with E-state index in [1.54, 1.807) is 6.92 Å². The van der Waals surface area contributed by atoms with Crippen LogP contribution in [-0.4, -0.2) is 50.3 Å². The number of aromatic nitrogens is 5. The molecule has 1 aliphatic heterocycles. The van der Waals surface area contributed by atoms with Crippen molar-refractivity contribution in [3.63, 3.8) is 0 Å². The van der Waals surface area contributed by atoms with Crippen LogP contribution >= 0.6 is 0 Å². The number of aromatic amines is 1. The van der Waals surface area contributed by atoms with E-state index in [0.717, 1.165) is 61.3 Å².